The summed E-state index contributed by atoms with van der Waals surface area (Å²) in [5.41, 5.74) is 0. The molecule has 1 aliphatic rings. The number of hydrogen-bond acceptors (Lipinski definition) is 2. The number of carbonyl (C=O) groups excluding carboxylic acids is 1. The lowest BCUT2D eigenvalue weighted by Gasteiger charge is -2.33. The Morgan fingerprint density at radius 3 is 2.29 bits per heavy atom. The van der Waals surface area contributed by atoms with Crippen LogP contribution in [0, 0.1) is 0 Å². The summed E-state index contributed by atoms with van der Waals surface area (Å²) in [4.78, 5) is 16.0. The quantitative estimate of drug-likeness (QED) is 0.195. The van der Waals surface area contributed by atoms with Crippen LogP contribution in [0.3, 0.4) is 0 Å². The van der Waals surface area contributed by atoms with Crippen molar-refractivity contribution in [3.8, 4) is 0 Å². The van der Waals surface area contributed by atoms with Crippen LogP contribution in [-0.2, 0) is 4.79 Å². The lowest BCUT2D eigenvalue weighted by Crippen LogP contribution is -2.54. The molecule has 0 fully saturated rings. The molecule has 0 aliphatic carbocycles. The summed E-state index contributed by atoms with van der Waals surface area (Å²) in [6.45, 7) is 11.0. The predicted molar refractivity (Wildman–Crippen MR) is 122 cm³/mol. The van der Waals surface area contributed by atoms with Crippen LogP contribution in [0.2, 0.25) is 0 Å². The number of nitrogens with one attached hydrogen (secondary N) is 1. The third-order valence-corrected chi connectivity index (χ3v) is 6.05. The molecule has 28 heavy (non-hydrogen) atoms. The molecule has 1 aliphatic heterocycles. The van der Waals surface area contributed by atoms with E-state index in [9.17, 15) is 4.79 Å². The Morgan fingerprint density at radius 1 is 1.00 bits per heavy atom. The van der Waals surface area contributed by atoms with Gasteiger partial charge in [-0.15, -0.1) is 0 Å². The Bertz CT molecular complexity index is 472. The number of carbonyl (C=O) groups is 1. The van der Waals surface area contributed by atoms with E-state index in [1.807, 2.05) is 0 Å². The van der Waals surface area contributed by atoms with Gasteiger partial charge in [0.05, 0.1) is 19.6 Å². The zero-order valence-electron chi connectivity index (χ0n) is 19.0. The number of amidine groups is 1. The molecule has 0 aromatic rings. The zero-order chi connectivity index (χ0) is 20.5. The summed E-state index contributed by atoms with van der Waals surface area (Å²) < 4.78 is 0.989. The fourth-order valence-electron chi connectivity index (χ4n) is 4.15. The van der Waals surface area contributed by atoms with Crippen molar-refractivity contribution in [3.63, 3.8) is 0 Å². The Morgan fingerprint density at radius 2 is 1.64 bits per heavy atom. The molecule has 1 rings (SSSR count). The van der Waals surface area contributed by atoms with Crippen LogP contribution in [-0.4, -0.2) is 48.9 Å². The average Bonchev–Trinajstić information content (AvgIpc) is 3.08. The smallest absolute Gasteiger partial charge is 0.217 e. The molecule has 0 aromatic carbocycles. The van der Waals surface area contributed by atoms with Crippen molar-refractivity contribution in [2.45, 2.75) is 97.8 Å². The molecule has 0 radical (unpaired) electrons. The second-order valence-corrected chi connectivity index (χ2v) is 8.32. The molecule has 0 aromatic heterocycles. The van der Waals surface area contributed by atoms with Crippen molar-refractivity contribution >= 4 is 11.7 Å². The molecule has 1 N–H and O–H groups in total. The maximum absolute atomic E-state index is 11.1. The molecule has 4 heteroatoms. The number of amides is 1. The molecular weight excluding hydrogens is 346 g/mol. The lowest BCUT2D eigenvalue weighted by molar-refractivity contribution is -0.833. The number of allylic oxidation sites excluding steroid dienone is 2. The Labute approximate surface area is 174 Å². The molecule has 1 heterocycles. The monoisotopic (exact) mass is 392 g/mol. The predicted octanol–water partition coefficient (Wildman–Crippen LogP) is 5.63. The van der Waals surface area contributed by atoms with E-state index in [0.717, 1.165) is 43.6 Å². The fourth-order valence-corrected chi connectivity index (χ4v) is 4.15. The van der Waals surface area contributed by atoms with E-state index in [1.165, 1.54) is 76.5 Å². The summed E-state index contributed by atoms with van der Waals surface area (Å²) in [6, 6.07) is 0. The minimum atomic E-state index is 0.0678. The van der Waals surface area contributed by atoms with E-state index in [-0.39, 0.29) is 5.91 Å². The van der Waals surface area contributed by atoms with Gasteiger partial charge in [0.1, 0.15) is 13.1 Å². The van der Waals surface area contributed by atoms with E-state index < -0.39 is 0 Å². The first-order valence-corrected chi connectivity index (χ1v) is 11.9. The van der Waals surface area contributed by atoms with Crippen molar-refractivity contribution in [2.75, 3.05) is 32.7 Å². The highest BCUT2D eigenvalue weighted by Crippen LogP contribution is 2.20. The number of likely N-dealkylation sites (N-methyl/N-ethyl adjacent to an activating group) is 1. The van der Waals surface area contributed by atoms with Gasteiger partial charge in [0.2, 0.25) is 5.91 Å². The van der Waals surface area contributed by atoms with E-state index in [2.05, 4.69) is 31.3 Å². The van der Waals surface area contributed by atoms with Crippen LogP contribution in [0.5, 0.6) is 0 Å². The van der Waals surface area contributed by atoms with Gasteiger partial charge in [0, 0.05) is 13.3 Å². The number of unbranched alkanes of at least 4 members (excludes halogenated alkanes) is 9. The largest absolute Gasteiger partial charge is 0.351 e. The van der Waals surface area contributed by atoms with Crippen LogP contribution in [0.1, 0.15) is 97.8 Å². The Balaban J connectivity index is 2.08. The molecule has 1 atom stereocenters. The van der Waals surface area contributed by atoms with E-state index in [0.29, 0.717) is 0 Å². The average molecular weight is 393 g/mol. The van der Waals surface area contributed by atoms with Gasteiger partial charge in [0.15, 0.2) is 5.84 Å². The number of rotatable bonds is 17. The van der Waals surface area contributed by atoms with E-state index >= 15 is 0 Å². The third kappa shape index (κ3) is 10.4. The Hall–Kier alpha value is -1.16. The van der Waals surface area contributed by atoms with E-state index in [4.69, 9.17) is 4.99 Å². The van der Waals surface area contributed by atoms with Crippen molar-refractivity contribution in [1.29, 1.82) is 0 Å². The van der Waals surface area contributed by atoms with Crippen molar-refractivity contribution < 1.29 is 9.28 Å². The number of quaternary nitrogens is 1. The van der Waals surface area contributed by atoms with Gasteiger partial charge in [-0.1, -0.05) is 57.6 Å². The molecular formula is C24H46N3O+. The maximum Gasteiger partial charge on any atom is 0.217 e. The first-order chi connectivity index (χ1) is 13.6. The third-order valence-electron chi connectivity index (χ3n) is 6.05. The summed E-state index contributed by atoms with van der Waals surface area (Å²) in [7, 11) is 0. The summed E-state index contributed by atoms with van der Waals surface area (Å²) in [6.07, 6.45) is 20.5. The minimum Gasteiger partial charge on any atom is -0.351 e. The van der Waals surface area contributed by atoms with Crippen molar-refractivity contribution in [2.24, 2.45) is 4.99 Å². The van der Waals surface area contributed by atoms with Gasteiger partial charge < -0.3 is 5.32 Å². The van der Waals surface area contributed by atoms with Crippen LogP contribution in [0.25, 0.3) is 0 Å². The van der Waals surface area contributed by atoms with Gasteiger partial charge in [-0.2, -0.15) is 0 Å². The summed E-state index contributed by atoms with van der Waals surface area (Å²) >= 11 is 0. The highest BCUT2D eigenvalue weighted by atomic mass is 16.1. The molecule has 0 saturated heterocycles. The van der Waals surface area contributed by atoms with Crippen LogP contribution >= 0.6 is 0 Å². The van der Waals surface area contributed by atoms with Crippen LogP contribution in [0.15, 0.2) is 17.1 Å². The summed E-state index contributed by atoms with van der Waals surface area (Å²) in [5, 5.41) is 2.95. The molecule has 162 valence electrons. The van der Waals surface area contributed by atoms with Gasteiger partial charge in [-0.3, -0.25) is 9.28 Å². The lowest BCUT2D eigenvalue weighted by atomic mass is 10.1. The first-order valence-electron chi connectivity index (χ1n) is 11.9. The molecule has 0 spiro atoms. The maximum atomic E-state index is 11.1. The standard InChI is InChI=1S/C24H45N3O/c1-4-6-7-8-9-10-11-12-13-14-15-16-17-18-24-26-20-22-27(24,5-2)21-19-25-23(3)28/h10-11H,4-9,12-22H2,1-3H3/p+1/b11-10+. The van der Waals surface area contributed by atoms with Crippen LogP contribution < -0.4 is 5.32 Å². The topological polar surface area (TPSA) is 41.5 Å². The number of hydrogen-bond donors (Lipinski definition) is 1. The van der Waals surface area contributed by atoms with Gasteiger partial charge >= 0.3 is 0 Å². The molecule has 0 saturated carbocycles. The van der Waals surface area contributed by atoms with E-state index in [1.54, 1.807) is 6.92 Å². The highest BCUT2D eigenvalue weighted by Gasteiger charge is 2.35. The van der Waals surface area contributed by atoms with Gasteiger partial charge in [0.25, 0.3) is 0 Å². The second kappa shape index (κ2) is 15.7. The van der Waals surface area contributed by atoms with Gasteiger partial charge in [-0.05, 0) is 39.0 Å². The first kappa shape index (κ1) is 24.9. The van der Waals surface area contributed by atoms with Gasteiger partial charge in [-0.25, -0.2) is 4.99 Å². The fraction of sp³-hybridized carbons (Fsp3) is 0.833. The SMILES string of the molecule is CCCCCC/C=C/CCCCCCCC1=NCC[N+]1(CC)CCNC(C)=O. The number of aliphatic imine (C=N–C) groups is 1. The molecule has 4 nitrogen and oxygen atoms in total. The number of nitrogens with zero attached hydrogens (tertiary/aromatic N) is 2. The normalized spacial score (nSPS) is 19.3. The zero-order valence-corrected chi connectivity index (χ0v) is 19.0. The van der Waals surface area contributed by atoms with Crippen molar-refractivity contribution in [3.05, 3.63) is 12.2 Å². The van der Waals surface area contributed by atoms with Crippen molar-refractivity contribution in [1.82, 2.24) is 5.32 Å². The molecule has 1 amide bonds. The highest BCUT2D eigenvalue weighted by molar-refractivity contribution is 5.77. The Kier molecular flexibility index (Phi) is 14.0. The minimum absolute atomic E-state index is 0.0678. The second-order valence-electron chi connectivity index (χ2n) is 8.32. The molecule has 0 bridgehead atoms. The summed E-state index contributed by atoms with van der Waals surface area (Å²) in [5.74, 6) is 1.44. The van der Waals surface area contributed by atoms with Crippen LogP contribution in [0.4, 0.5) is 0 Å². The molecule has 1 unspecified atom stereocenters.